The van der Waals surface area contributed by atoms with Crippen LogP contribution in [-0.4, -0.2) is 18.4 Å². The SMILES string of the molecule is C=C1C(N)N=C(c2ccccc2)c2cc(CC)cc3c2N1CC3. The molecule has 0 saturated heterocycles. The molecule has 0 radical (unpaired) electrons. The van der Waals surface area contributed by atoms with Gasteiger partial charge in [-0.05, 0) is 30.0 Å². The molecule has 2 aromatic rings. The Bertz CT molecular complexity index is 805. The summed E-state index contributed by atoms with van der Waals surface area (Å²) in [4.78, 5) is 7.08. The van der Waals surface area contributed by atoms with Crippen LogP contribution in [0.1, 0.15) is 29.2 Å². The zero-order valence-electron chi connectivity index (χ0n) is 13.4. The van der Waals surface area contributed by atoms with Crippen LogP contribution in [0.3, 0.4) is 0 Å². The Morgan fingerprint density at radius 1 is 1.26 bits per heavy atom. The van der Waals surface area contributed by atoms with E-state index in [9.17, 15) is 0 Å². The first kappa shape index (κ1) is 14.2. The van der Waals surface area contributed by atoms with E-state index in [1.54, 1.807) is 0 Å². The summed E-state index contributed by atoms with van der Waals surface area (Å²) < 4.78 is 0. The van der Waals surface area contributed by atoms with Crippen LogP contribution in [-0.2, 0) is 12.8 Å². The van der Waals surface area contributed by atoms with E-state index in [1.165, 1.54) is 22.4 Å². The third-order valence-electron chi connectivity index (χ3n) is 4.79. The summed E-state index contributed by atoms with van der Waals surface area (Å²) >= 11 is 0. The smallest absolute Gasteiger partial charge is 0.138 e. The van der Waals surface area contributed by atoms with E-state index in [-0.39, 0.29) is 0 Å². The standard InChI is InChI=1S/C20H21N3/c1-3-14-11-16-9-10-23-13(2)20(21)22-18(17(12-14)19(16)23)15-7-5-4-6-8-15/h4-8,11-12,20H,2-3,9-10,21H2,1H3. The number of hydrogen-bond donors (Lipinski definition) is 1. The van der Waals surface area contributed by atoms with Crippen molar-refractivity contribution in [2.45, 2.75) is 25.9 Å². The molecule has 2 aromatic carbocycles. The summed E-state index contributed by atoms with van der Waals surface area (Å²) in [5.74, 6) is 0. The number of aliphatic imine (C=N–C) groups is 1. The van der Waals surface area contributed by atoms with Gasteiger partial charge in [-0.25, -0.2) is 0 Å². The van der Waals surface area contributed by atoms with Crippen molar-refractivity contribution < 1.29 is 0 Å². The number of nitrogens with zero attached hydrogens (tertiary/aromatic N) is 2. The van der Waals surface area contributed by atoms with E-state index >= 15 is 0 Å². The Hall–Kier alpha value is -2.39. The highest BCUT2D eigenvalue weighted by Gasteiger charge is 2.32. The van der Waals surface area contributed by atoms with E-state index in [2.05, 4.69) is 42.7 Å². The fourth-order valence-electron chi connectivity index (χ4n) is 3.55. The van der Waals surface area contributed by atoms with Crippen LogP contribution in [0.4, 0.5) is 5.69 Å². The fourth-order valence-corrected chi connectivity index (χ4v) is 3.55. The maximum absolute atomic E-state index is 6.32. The largest absolute Gasteiger partial charge is 0.341 e. The molecule has 0 fully saturated rings. The average molecular weight is 303 g/mol. The molecule has 0 bridgehead atoms. The van der Waals surface area contributed by atoms with Gasteiger partial charge >= 0.3 is 0 Å². The van der Waals surface area contributed by atoms with Gasteiger partial charge in [0, 0.05) is 17.7 Å². The molecular weight excluding hydrogens is 282 g/mol. The molecule has 2 aliphatic rings. The lowest BCUT2D eigenvalue weighted by Crippen LogP contribution is -2.31. The number of rotatable bonds is 2. The second-order valence-electron chi connectivity index (χ2n) is 6.19. The van der Waals surface area contributed by atoms with Gasteiger partial charge in [-0.1, -0.05) is 49.9 Å². The Kier molecular flexibility index (Phi) is 3.31. The third kappa shape index (κ3) is 2.20. The van der Waals surface area contributed by atoms with Crippen molar-refractivity contribution in [2.75, 3.05) is 11.4 Å². The second-order valence-corrected chi connectivity index (χ2v) is 6.19. The predicted molar refractivity (Wildman–Crippen MR) is 96.1 cm³/mol. The number of aryl methyl sites for hydroxylation is 1. The zero-order valence-corrected chi connectivity index (χ0v) is 13.4. The lowest BCUT2D eigenvalue weighted by atomic mass is 9.95. The molecule has 116 valence electrons. The van der Waals surface area contributed by atoms with Crippen LogP contribution in [0.15, 0.2) is 59.7 Å². The highest BCUT2D eigenvalue weighted by Crippen LogP contribution is 2.39. The number of anilines is 1. The summed E-state index contributed by atoms with van der Waals surface area (Å²) in [6.45, 7) is 7.34. The molecule has 2 heterocycles. The van der Waals surface area contributed by atoms with Crippen molar-refractivity contribution >= 4 is 11.4 Å². The zero-order chi connectivity index (χ0) is 16.0. The van der Waals surface area contributed by atoms with Crippen LogP contribution in [0.5, 0.6) is 0 Å². The normalized spacial score (nSPS) is 19.4. The van der Waals surface area contributed by atoms with Crippen LogP contribution < -0.4 is 10.6 Å². The first-order valence-electron chi connectivity index (χ1n) is 8.20. The van der Waals surface area contributed by atoms with Crippen molar-refractivity contribution in [3.8, 4) is 0 Å². The van der Waals surface area contributed by atoms with E-state index < -0.39 is 6.17 Å². The van der Waals surface area contributed by atoms with Gasteiger partial charge in [0.15, 0.2) is 0 Å². The summed E-state index contributed by atoms with van der Waals surface area (Å²) in [7, 11) is 0. The summed E-state index contributed by atoms with van der Waals surface area (Å²) in [5.41, 5.74) is 14.5. The van der Waals surface area contributed by atoms with Gasteiger partial charge in [0.05, 0.1) is 17.1 Å². The summed E-state index contributed by atoms with van der Waals surface area (Å²) in [6.07, 6.45) is 1.67. The predicted octanol–water partition coefficient (Wildman–Crippen LogP) is 3.26. The van der Waals surface area contributed by atoms with Gasteiger partial charge < -0.3 is 10.6 Å². The van der Waals surface area contributed by atoms with Crippen molar-refractivity contribution in [2.24, 2.45) is 10.7 Å². The van der Waals surface area contributed by atoms with Crippen molar-refractivity contribution in [1.29, 1.82) is 0 Å². The minimum atomic E-state index is -0.395. The minimum Gasteiger partial charge on any atom is -0.341 e. The lowest BCUT2D eigenvalue weighted by molar-refractivity contribution is 0.771. The fraction of sp³-hybridized carbons (Fsp3) is 0.250. The van der Waals surface area contributed by atoms with E-state index in [1.807, 2.05) is 18.2 Å². The number of nitrogens with two attached hydrogens (primary N) is 1. The first-order valence-corrected chi connectivity index (χ1v) is 8.20. The Balaban J connectivity index is 2.01. The summed E-state index contributed by atoms with van der Waals surface area (Å²) in [6, 6.07) is 14.9. The van der Waals surface area contributed by atoms with Gasteiger partial charge in [-0.3, -0.25) is 4.99 Å². The number of benzene rings is 2. The third-order valence-corrected chi connectivity index (χ3v) is 4.79. The van der Waals surface area contributed by atoms with Crippen molar-refractivity contribution in [3.63, 3.8) is 0 Å². The van der Waals surface area contributed by atoms with Gasteiger partial charge in [0.2, 0.25) is 0 Å². The molecule has 0 aromatic heterocycles. The topological polar surface area (TPSA) is 41.6 Å². The molecule has 1 atom stereocenters. The molecule has 1 unspecified atom stereocenters. The minimum absolute atomic E-state index is 0.395. The molecule has 3 nitrogen and oxygen atoms in total. The Morgan fingerprint density at radius 3 is 2.78 bits per heavy atom. The van der Waals surface area contributed by atoms with Crippen LogP contribution in [0.25, 0.3) is 0 Å². The van der Waals surface area contributed by atoms with Gasteiger partial charge in [-0.15, -0.1) is 0 Å². The maximum atomic E-state index is 6.32. The average Bonchev–Trinajstić information content (AvgIpc) is 2.98. The van der Waals surface area contributed by atoms with Crippen LogP contribution >= 0.6 is 0 Å². The van der Waals surface area contributed by atoms with E-state index in [0.29, 0.717) is 0 Å². The first-order chi connectivity index (χ1) is 11.2. The highest BCUT2D eigenvalue weighted by molar-refractivity contribution is 6.17. The Labute approximate surface area is 137 Å². The Morgan fingerprint density at radius 2 is 2.04 bits per heavy atom. The maximum Gasteiger partial charge on any atom is 0.138 e. The molecule has 0 spiro atoms. The molecule has 4 rings (SSSR count). The molecule has 23 heavy (non-hydrogen) atoms. The van der Waals surface area contributed by atoms with Crippen molar-refractivity contribution in [1.82, 2.24) is 0 Å². The molecule has 2 aliphatic heterocycles. The number of hydrogen-bond acceptors (Lipinski definition) is 3. The van der Waals surface area contributed by atoms with Crippen molar-refractivity contribution in [3.05, 3.63) is 77.0 Å². The van der Waals surface area contributed by atoms with E-state index in [0.717, 1.165) is 36.4 Å². The quantitative estimate of drug-likeness (QED) is 0.925. The summed E-state index contributed by atoms with van der Waals surface area (Å²) in [5, 5.41) is 0. The molecule has 2 N–H and O–H groups in total. The second kappa shape index (κ2) is 5.36. The molecule has 0 saturated carbocycles. The van der Waals surface area contributed by atoms with E-state index in [4.69, 9.17) is 10.7 Å². The van der Waals surface area contributed by atoms with Gasteiger partial charge in [0.1, 0.15) is 6.17 Å². The molecule has 3 heteroatoms. The monoisotopic (exact) mass is 303 g/mol. The molecule has 0 amide bonds. The molecular formula is C20H21N3. The van der Waals surface area contributed by atoms with Gasteiger partial charge in [-0.2, -0.15) is 0 Å². The van der Waals surface area contributed by atoms with Crippen LogP contribution in [0.2, 0.25) is 0 Å². The van der Waals surface area contributed by atoms with Gasteiger partial charge in [0.25, 0.3) is 0 Å². The lowest BCUT2D eigenvalue weighted by Gasteiger charge is -2.23. The molecule has 0 aliphatic carbocycles. The highest BCUT2D eigenvalue weighted by atomic mass is 15.2. The van der Waals surface area contributed by atoms with Crippen LogP contribution in [0, 0.1) is 0 Å².